The zero-order valence-electron chi connectivity index (χ0n) is 11.6. The Labute approximate surface area is 122 Å². The van der Waals surface area contributed by atoms with Crippen molar-refractivity contribution in [3.63, 3.8) is 0 Å². The van der Waals surface area contributed by atoms with E-state index < -0.39 is 0 Å². The van der Waals surface area contributed by atoms with E-state index in [1.807, 2.05) is 25.3 Å². The van der Waals surface area contributed by atoms with Crippen LogP contribution in [0.4, 0.5) is 5.69 Å². The molecule has 5 nitrogen and oxygen atoms in total. The predicted octanol–water partition coefficient (Wildman–Crippen LogP) is 2.02. The number of amides is 1. The average molecular weight is 290 g/mol. The topological polar surface area (TPSA) is 80.0 Å². The number of hydrogen-bond acceptors (Lipinski definition) is 5. The highest BCUT2D eigenvalue weighted by atomic mass is 32.1. The number of rotatable bonds is 5. The van der Waals surface area contributed by atoms with Crippen molar-refractivity contribution in [1.29, 1.82) is 0 Å². The van der Waals surface area contributed by atoms with Crippen LogP contribution in [0.2, 0.25) is 0 Å². The van der Waals surface area contributed by atoms with E-state index in [2.05, 4.69) is 15.7 Å². The number of thiazole rings is 1. The summed E-state index contributed by atoms with van der Waals surface area (Å²) in [5.74, 6) is 5.26. The molecular weight excluding hydrogens is 272 g/mol. The van der Waals surface area contributed by atoms with Crippen molar-refractivity contribution in [1.82, 2.24) is 10.3 Å². The van der Waals surface area contributed by atoms with E-state index >= 15 is 0 Å². The van der Waals surface area contributed by atoms with E-state index in [0.717, 1.165) is 28.4 Å². The van der Waals surface area contributed by atoms with Crippen molar-refractivity contribution in [2.75, 3.05) is 12.0 Å². The van der Waals surface area contributed by atoms with Crippen LogP contribution in [0.1, 0.15) is 26.6 Å². The highest BCUT2D eigenvalue weighted by Gasteiger charge is 2.09. The van der Waals surface area contributed by atoms with Crippen LogP contribution in [0.3, 0.4) is 0 Å². The van der Waals surface area contributed by atoms with Crippen LogP contribution < -0.4 is 16.6 Å². The van der Waals surface area contributed by atoms with Crippen LogP contribution in [0.25, 0.3) is 0 Å². The molecule has 0 fully saturated rings. The lowest BCUT2D eigenvalue weighted by molar-refractivity contribution is 0.0953. The molecule has 0 aliphatic carbocycles. The van der Waals surface area contributed by atoms with Gasteiger partial charge in [-0.15, -0.1) is 11.3 Å². The molecule has 0 saturated heterocycles. The second-order valence-corrected chi connectivity index (χ2v) is 5.60. The maximum absolute atomic E-state index is 12.1. The predicted molar refractivity (Wildman–Crippen MR) is 81.9 cm³/mol. The summed E-state index contributed by atoms with van der Waals surface area (Å²) in [7, 11) is 0. The molecule has 6 heteroatoms. The van der Waals surface area contributed by atoms with Crippen LogP contribution >= 0.6 is 11.3 Å². The van der Waals surface area contributed by atoms with Gasteiger partial charge in [0.15, 0.2) is 0 Å². The largest absolute Gasteiger partial charge is 0.352 e. The van der Waals surface area contributed by atoms with Crippen LogP contribution in [0.15, 0.2) is 23.6 Å². The number of aryl methyl sites for hydroxylation is 2. The normalized spacial score (nSPS) is 10.3. The van der Waals surface area contributed by atoms with Gasteiger partial charge in [-0.1, -0.05) is 0 Å². The second kappa shape index (κ2) is 6.49. The first-order valence-electron chi connectivity index (χ1n) is 6.36. The first-order chi connectivity index (χ1) is 9.60. The molecule has 0 bridgehead atoms. The van der Waals surface area contributed by atoms with E-state index in [1.165, 1.54) is 0 Å². The Morgan fingerprint density at radius 1 is 1.40 bits per heavy atom. The monoisotopic (exact) mass is 290 g/mol. The first kappa shape index (κ1) is 14.5. The van der Waals surface area contributed by atoms with Gasteiger partial charge in [-0.25, -0.2) is 4.98 Å². The SMILES string of the molecule is Cc1nc(CCNC(=O)c2ccc(NN)cc2C)cs1. The summed E-state index contributed by atoms with van der Waals surface area (Å²) in [6.45, 7) is 4.45. The molecule has 106 valence electrons. The molecule has 1 aromatic heterocycles. The zero-order valence-corrected chi connectivity index (χ0v) is 12.4. The molecule has 0 unspecified atom stereocenters. The minimum Gasteiger partial charge on any atom is -0.352 e. The fourth-order valence-corrected chi connectivity index (χ4v) is 2.58. The Bertz CT molecular complexity index is 609. The van der Waals surface area contributed by atoms with Gasteiger partial charge in [0.05, 0.1) is 10.7 Å². The van der Waals surface area contributed by atoms with Crippen molar-refractivity contribution in [2.24, 2.45) is 5.84 Å². The summed E-state index contributed by atoms with van der Waals surface area (Å²) in [6, 6.07) is 5.40. The zero-order chi connectivity index (χ0) is 14.5. The molecule has 0 aliphatic rings. The molecule has 1 aromatic carbocycles. The summed E-state index contributed by atoms with van der Waals surface area (Å²) < 4.78 is 0. The number of carbonyl (C=O) groups excluding carboxylic acids is 1. The van der Waals surface area contributed by atoms with E-state index in [-0.39, 0.29) is 5.91 Å². The maximum atomic E-state index is 12.1. The summed E-state index contributed by atoms with van der Waals surface area (Å²) in [5.41, 5.74) is 5.93. The number of carbonyl (C=O) groups is 1. The van der Waals surface area contributed by atoms with Gasteiger partial charge in [-0.3, -0.25) is 10.6 Å². The smallest absolute Gasteiger partial charge is 0.251 e. The highest BCUT2D eigenvalue weighted by Crippen LogP contribution is 2.14. The third kappa shape index (κ3) is 3.55. The van der Waals surface area contributed by atoms with Crippen molar-refractivity contribution < 1.29 is 4.79 Å². The van der Waals surface area contributed by atoms with Crippen molar-refractivity contribution >= 4 is 22.9 Å². The minimum atomic E-state index is -0.0713. The molecule has 0 saturated carbocycles. The van der Waals surface area contributed by atoms with Gasteiger partial charge in [0.2, 0.25) is 0 Å². The van der Waals surface area contributed by atoms with Gasteiger partial charge in [0.25, 0.3) is 5.91 Å². The van der Waals surface area contributed by atoms with Gasteiger partial charge in [-0.2, -0.15) is 0 Å². The van der Waals surface area contributed by atoms with Crippen LogP contribution in [-0.2, 0) is 6.42 Å². The molecule has 0 atom stereocenters. The van der Waals surface area contributed by atoms with Gasteiger partial charge in [0.1, 0.15) is 0 Å². The molecule has 1 heterocycles. The van der Waals surface area contributed by atoms with E-state index in [0.29, 0.717) is 12.1 Å². The number of benzene rings is 1. The van der Waals surface area contributed by atoms with Crippen LogP contribution in [-0.4, -0.2) is 17.4 Å². The van der Waals surface area contributed by atoms with Crippen LogP contribution in [0.5, 0.6) is 0 Å². The molecule has 2 aromatic rings. The highest BCUT2D eigenvalue weighted by molar-refractivity contribution is 7.09. The number of anilines is 1. The number of nitrogens with zero attached hydrogens (tertiary/aromatic N) is 1. The van der Waals surface area contributed by atoms with E-state index in [1.54, 1.807) is 23.5 Å². The molecule has 0 aliphatic heterocycles. The number of aromatic nitrogens is 1. The van der Waals surface area contributed by atoms with Gasteiger partial charge in [-0.05, 0) is 37.6 Å². The van der Waals surface area contributed by atoms with E-state index in [9.17, 15) is 4.79 Å². The van der Waals surface area contributed by atoms with Crippen molar-refractivity contribution in [2.45, 2.75) is 20.3 Å². The lowest BCUT2D eigenvalue weighted by Gasteiger charge is -2.08. The maximum Gasteiger partial charge on any atom is 0.251 e. The molecule has 4 N–H and O–H groups in total. The van der Waals surface area contributed by atoms with Crippen molar-refractivity contribution in [3.8, 4) is 0 Å². The summed E-state index contributed by atoms with van der Waals surface area (Å²) in [5, 5.41) is 5.98. The number of hydrogen-bond donors (Lipinski definition) is 3. The lowest BCUT2D eigenvalue weighted by atomic mass is 10.1. The first-order valence-corrected chi connectivity index (χ1v) is 7.24. The Balaban J connectivity index is 1.91. The summed E-state index contributed by atoms with van der Waals surface area (Å²) in [6.07, 6.45) is 0.748. The molecule has 0 radical (unpaired) electrons. The second-order valence-electron chi connectivity index (χ2n) is 4.54. The Morgan fingerprint density at radius 3 is 2.80 bits per heavy atom. The third-order valence-electron chi connectivity index (χ3n) is 2.97. The molecule has 2 rings (SSSR count). The summed E-state index contributed by atoms with van der Waals surface area (Å²) >= 11 is 1.62. The van der Waals surface area contributed by atoms with E-state index in [4.69, 9.17) is 5.84 Å². The number of nitrogen functional groups attached to an aromatic ring is 1. The minimum absolute atomic E-state index is 0.0713. The summed E-state index contributed by atoms with van der Waals surface area (Å²) in [4.78, 5) is 16.4. The van der Waals surface area contributed by atoms with Gasteiger partial charge < -0.3 is 10.7 Å². The standard InChI is InChI=1S/C14H18N4OS/c1-9-7-11(18-15)3-4-13(9)14(19)16-6-5-12-8-20-10(2)17-12/h3-4,7-8,18H,5-6,15H2,1-2H3,(H,16,19). The molecular formula is C14H18N4OS. The number of hydrazine groups is 1. The fraction of sp³-hybridized carbons (Fsp3) is 0.286. The number of nitrogens with two attached hydrogens (primary N) is 1. The Morgan fingerprint density at radius 2 is 2.20 bits per heavy atom. The average Bonchev–Trinajstić information content (AvgIpc) is 2.84. The molecule has 1 amide bonds. The Kier molecular flexibility index (Phi) is 4.70. The quantitative estimate of drug-likeness (QED) is 0.581. The Hall–Kier alpha value is -1.92. The van der Waals surface area contributed by atoms with Gasteiger partial charge >= 0.3 is 0 Å². The van der Waals surface area contributed by atoms with Gasteiger partial charge in [0, 0.05) is 29.6 Å². The molecule has 0 spiro atoms. The number of nitrogens with one attached hydrogen (secondary N) is 2. The van der Waals surface area contributed by atoms with Crippen LogP contribution in [0, 0.1) is 13.8 Å². The fourth-order valence-electron chi connectivity index (χ4n) is 1.93. The third-order valence-corrected chi connectivity index (χ3v) is 3.79. The lowest BCUT2D eigenvalue weighted by Crippen LogP contribution is -2.26. The molecule has 20 heavy (non-hydrogen) atoms. The van der Waals surface area contributed by atoms with Crippen molar-refractivity contribution in [3.05, 3.63) is 45.4 Å².